The first-order valence-corrected chi connectivity index (χ1v) is 7.35. The van der Waals surface area contributed by atoms with Gasteiger partial charge in [-0.05, 0) is 37.3 Å². The van der Waals surface area contributed by atoms with Crippen LogP contribution in [0.25, 0.3) is 0 Å². The molecule has 0 unspecified atom stereocenters. The van der Waals surface area contributed by atoms with Crippen molar-refractivity contribution in [2.24, 2.45) is 0 Å². The fourth-order valence-corrected chi connectivity index (χ4v) is 2.07. The Balaban J connectivity index is 1.92. The van der Waals surface area contributed by atoms with Crippen molar-refractivity contribution in [1.29, 1.82) is 0 Å². The van der Waals surface area contributed by atoms with E-state index in [1.807, 2.05) is 13.0 Å². The predicted molar refractivity (Wildman–Crippen MR) is 89.9 cm³/mol. The van der Waals surface area contributed by atoms with Crippen LogP contribution in [0.4, 0.5) is 5.69 Å². The summed E-state index contributed by atoms with van der Waals surface area (Å²) in [5.74, 6) is -1.30. The first-order valence-electron chi connectivity index (χ1n) is 7.35. The number of nitrogens with one attached hydrogen (secondary N) is 2. The van der Waals surface area contributed by atoms with Gasteiger partial charge in [0.1, 0.15) is 0 Å². The average molecular weight is 326 g/mol. The molecule has 124 valence electrons. The highest BCUT2D eigenvalue weighted by molar-refractivity contribution is 5.98. The monoisotopic (exact) mass is 326 g/mol. The first-order chi connectivity index (χ1) is 11.5. The van der Waals surface area contributed by atoms with Gasteiger partial charge in [-0.1, -0.05) is 23.8 Å². The minimum Gasteiger partial charge on any atom is -0.452 e. The fourth-order valence-electron chi connectivity index (χ4n) is 2.07. The molecule has 2 aromatic carbocycles. The van der Waals surface area contributed by atoms with E-state index in [-0.39, 0.29) is 5.91 Å². The molecular weight excluding hydrogens is 308 g/mol. The van der Waals surface area contributed by atoms with Crippen molar-refractivity contribution < 1.29 is 19.1 Å². The molecule has 0 aliphatic rings. The van der Waals surface area contributed by atoms with Crippen molar-refractivity contribution in [2.75, 3.05) is 19.0 Å². The lowest BCUT2D eigenvalue weighted by atomic mass is 10.1. The Bertz CT molecular complexity index is 771. The fraction of sp³-hybridized carbons (Fsp3) is 0.167. The maximum Gasteiger partial charge on any atom is 0.338 e. The van der Waals surface area contributed by atoms with Crippen LogP contribution in [0.2, 0.25) is 0 Å². The first kappa shape index (κ1) is 17.2. The van der Waals surface area contributed by atoms with Crippen LogP contribution < -0.4 is 10.6 Å². The van der Waals surface area contributed by atoms with E-state index in [0.717, 1.165) is 5.56 Å². The Morgan fingerprint density at radius 3 is 2.42 bits per heavy atom. The third kappa shape index (κ3) is 4.67. The number of carbonyl (C=O) groups is 3. The molecule has 6 heteroatoms. The summed E-state index contributed by atoms with van der Waals surface area (Å²) in [4.78, 5) is 35.3. The molecule has 2 N–H and O–H groups in total. The molecule has 2 rings (SSSR count). The SMILES string of the molecule is CNC(=O)c1cccc(NC(=O)COC(=O)c2cccc(C)c2)c1. The Kier molecular flexibility index (Phi) is 5.68. The van der Waals surface area contributed by atoms with E-state index < -0.39 is 18.5 Å². The lowest BCUT2D eigenvalue weighted by Gasteiger charge is -2.08. The van der Waals surface area contributed by atoms with Gasteiger partial charge in [-0.2, -0.15) is 0 Å². The number of ether oxygens (including phenoxy) is 1. The Morgan fingerprint density at radius 2 is 1.71 bits per heavy atom. The summed E-state index contributed by atoms with van der Waals surface area (Å²) in [5.41, 5.74) is 2.20. The summed E-state index contributed by atoms with van der Waals surface area (Å²) in [7, 11) is 1.53. The van der Waals surface area contributed by atoms with Gasteiger partial charge in [0.25, 0.3) is 11.8 Å². The number of amides is 2. The van der Waals surface area contributed by atoms with Crippen LogP contribution in [0.5, 0.6) is 0 Å². The van der Waals surface area contributed by atoms with Crippen molar-refractivity contribution in [3.05, 3.63) is 65.2 Å². The van der Waals surface area contributed by atoms with Crippen LogP contribution in [-0.2, 0) is 9.53 Å². The van der Waals surface area contributed by atoms with E-state index in [4.69, 9.17) is 4.74 Å². The lowest BCUT2D eigenvalue weighted by molar-refractivity contribution is -0.119. The number of benzene rings is 2. The number of rotatable bonds is 5. The number of esters is 1. The maximum absolute atomic E-state index is 11.9. The van der Waals surface area contributed by atoms with Gasteiger partial charge in [-0.15, -0.1) is 0 Å². The van der Waals surface area contributed by atoms with Crippen molar-refractivity contribution in [2.45, 2.75) is 6.92 Å². The molecule has 0 bridgehead atoms. The van der Waals surface area contributed by atoms with E-state index in [2.05, 4.69) is 10.6 Å². The molecule has 0 atom stereocenters. The van der Waals surface area contributed by atoms with Gasteiger partial charge >= 0.3 is 5.97 Å². The molecule has 0 saturated heterocycles. The van der Waals surface area contributed by atoms with Gasteiger partial charge in [0.15, 0.2) is 6.61 Å². The molecule has 0 spiro atoms. The topological polar surface area (TPSA) is 84.5 Å². The van der Waals surface area contributed by atoms with Gasteiger partial charge in [0.2, 0.25) is 0 Å². The van der Waals surface area contributed by atoms with Crippen LogP contribution in [0.3, 0.4) is 0 Å². The van der Waals surface area contributed by atoms with Gasteiger partial charge in [0, 0.05) is 18.3 Å². The number of aryl methyl sites for hydroxylation is 1. The van der Waals surface area contributed by atoms with E-state index in [1.54, 1.807) is 42.5 Å². The van der Waals surface area contributed by atoms with Gasteiger partial charge in [-0.3, -0.25) is 9.59 Å². The van der Waals surface area contributed by atoms with Crippen molar-refractivity contribution in [1.82, 2.24) is 5.32 Å². The molecular formula is C18H18N2O4. The summed E-state index contributed by atoms with van der Waals surface area (Å²) < 4.78 is 4.99. The van der Waals surface area contributed by atoms with E-state index in [9.17, 15) is 14.4 Å². The molecule has 24 heavy (non-hydrogen) atoms. The van der Waals surface area contributed by atoms with Crippen LogP contribution in [0.1, 0.15) is 26.3 Å². The molecule has 0 aromatic heterocycles. The molecule has 2 amide bonds. The number of hydrogen-bond acceptors (Lipinski definition) is 4. The second-order valence-corrected chi connectivity index (χ2v) is 5.15. The molecule has 0 aliphatic heterocycles. The van der Waals surface area contributed by atoms with Crippen molar-refractivity contribution >= 4 is 23.5 Å². The summed E-state index contributed by atoms with van der Waals surface area (Å²) in [5, 5.41) is 5.09. The largest absolute Gasteiger partial charge is 0.452 e. The number of hydrogen-bond donors (Lipinski definition) is 2. The molecule has 2 aromatic rings. The molecule has 0 aliphatic carbocycles. The van der Waals surface area contributed by atoms with Crippen LogP contribution in [0, 0.1) is 6.92 Å². The van der Waals surface area contributed by atoms with Gasteiger partial charge in [0.05, 0.1) is 5.56 Å². The maximum atomic E-state index is 11.9. The predicted octanol–water partition coefficient (Wildman–Crippen LogP) is 2.15. The summed E-state index contributed by atoms with van der Waals surface area (Å²) in [6.07, 6.45) is 0. The second kappa shape index (κ2) is 7.92. The highest BCUT2D eigenvalue weighted by Crippen LogP contribution is 2.11. The number of anilines is 1. The van der Waals surface area contributed by atoms with Gasteiger partial charge in [-0.25, -0.2) is 4.79 Å². The second-order valence-electron chi connectivity index (χ2n) is 5.15. The van der Waals surface area contributed by atoms with E-state index >= 15 is 0 Å². The average Bonchev–Trinajstić information content (AvgIpc) is 2.59. The Hall–Kier alpha value is -3.15. The standard InChI is InChI=1S/C18H18N2O4/c1-12-5-3-7-14(9-12)18(23)24-11-16(21)20-15-8-4-6-13(10-15)17(22)19-2/h3-10H,11H2,1-2H3,(H,19,22)(H,20,21). The molecule has 6 nitrogen and oxygen atoms in total. The summed E-state index contributed by atoms with van der Waals surface area (Å²) in [6, 6.07) is 13.4. The van der Waals surface area contributed by atoms with Crippen LogP contribution >= 0.6 is 0 Å². The molecule has 0 saturated carbocycles. The number of carbonyl (C=O) groups excluding carboxylic acids is 3. The van der Waals surface area contributed by atoms with Crippen LogP contribution in [-0.4, -0.2) is 31.4 Å². The third-order valence-corrected chi connectivity index (χ3v) is 3.22. The summed E-state index contributed by atoms with van der Waals surface area (Å²) >= 11 is 0. The van der Waals surface area contributed by atoms with Crippen LogP contribution in [0.15, 0.2) is 48.5 Å². The van der Waals surface area contributed by atoms with Crippen molar-refractivity contribution in [3.63, 3.8) is 0 Å². The molecule has 0 radical (unpaired) electrons. The van der Waals surface area contributed by atoms with E-state index in [1.165, 1.54) is 7.05 Å². The Labute approximate surface area is 139 Å². The zero-order valence-electron chi connectivity index (χ0n) is 13.5. The summed E-state index contributed by atoms with van der Waals surface area (Å²) in [6.45, 7) is 1.46. The normalized spacial score (nSPS) is 9.92. The smallest absolute Gasteiger partial charge is 0.338 e. The zero-order chi connectivity index (χ0) is 17.5. The minimum atomic E-state index is -0.562. The van der Waals surface area contributed by atoms with Gasteiger partial charge < -0.3 is 15.4 Å². The highest BCUT2D eigenvalue weighted by atomic mass is 16.5. The highest BCUT2D eigenvalue weighted by Gasteiger charge is 2.11. The van der Waals surface area contributed by atoms with Crippen molar-refractivity contribution in [3.8, 4) is 0 Å². The quantitative estimate of drug-likeness (QED) is 0.825. The van der Waals surface area contributed by atoms with E-state index in [0.29, 0.717) is 16.8 Å². The lowest BCUT2D eigenvalue weighted by Crippen LogP contribution is -2.22. The molecule has 0 fully saturated rings. The zero-order valence-corrected chi connectivity index (χ0v) is 13.5. The molecule has 0 heterocycles. The third-order valence-electron chi connectivity index (χ3n) is 3.22. The minimum absolute atomic E-state index is 0.253. The Morgan fingerprint density at radius 1 is 1.00 bits per heavy atom.